The van der Waals surface area contributed by atoms with Crippen LogP contribution in [0.4, 0.5) is 13.2 Å². The first-order valence-electron chi connectivity index (χ1n) is 8.91. The second kappa shape index (κ2) is 10.1. The predicted octanol–water partition coefficient (Wildman–Crippen LogP) is 2.87. The van der Waals surface area contributed by atoms with Crippen molar-refractivity contribution in [3.63, 3.8) is 0 Å². The number of rotatable bonds is 9. The topological polar surface area (TPSA) is 63.5 Å². The Morgan fingerprint density at radius 1 is 1.19 bits per heavy atom. The lowest BCUT2D eigenvalue weighted by molar-refractivity contribution is -0.173. The first kappa shape index (κ1) is 21.0. The first-order valence-corrected chi connectivity index (χ1v) is 8.91. The molecule has 9 heteroatoms. The highest BCUT2D eigenvalue weighted by molar-refractivity contribution is 5.79. The summed E-state index contributed by atoms with van der Waals surface area (Å²) < 4.78 is 42.6. The van der Waals surface area contributed by atoms with E-state index in [-0.39, 0.29) is 6.61 Å². The minimum atomic E-state index is -4.27. The van der Waals surface area contributed by atoms with Crippen molar-refractivity contribution in [2.24, 2.45) is 4.99 Å². The molecule has 2 N–H and O–H groups in total. The molecule has 0 saturated heterocycles. The molecule has 0 aliphatic carbocycles. The van der Waals surface area contributed by atoms with Crippen molar-refractivity contribution in [1.29, 1.82) is 0 Å². The number of ether oxygens (including phenoxy) is 1. The van der Waals surface area contributed by atoms with Crippen molar-refractivity contribution in [2.75, 3.05) is 33.4 Å². The fourth-order valence-electron chi connectivity index (χ4n) is 2.71. The van der Waals surface area contributed by atoms with Gasteiger partial charge in [-0.15, -0.1) is 0 Å². The van der Waals surface area contributed by atoms with Gasteiger partial charge in [0.1, 0.15) is 12.4 Å². The monoisotopic (exact) mass is 385 g/mol. The van der Waals surface area contributed by atoms with Gasteiger partial charge in [0.05, 0.1) is 11.0 Å². The number of halogens is 3. The van der Waals surface area contributed by atoms with Crippen molar-refractivity contribution in [2.45, 2.75) is 32.5 Å². The second-order valence-electron chi connectivity index (χ2n) is 6.10. The second-order valence-corrected chi connectivity index (χ2v) is 6.10. The number of alkyl halides is 3. The number of nitrogens with zero attached hydrogens (tertiary/aromatic N) is 3. The van der Waals surface area contributed by atoms with Gasteiger partial charge in [-0.3, -0.25) is 4.99 Å². The third-order valence-electron chi connectivity index (χ3n) is 3.94. The van der Waals surface area contributed by atoms with Crippen molar-refractivity contribution >= 4 is 17.0 Å². The summed E-state index contributed by atoms with van der Waals surface area (Å²) in [5.41, 5.74) is 2.12. The standard InChI is InChI=1S/C18H26F3N5O/c1-14-25-15-7-3-4-8-16(15)26(14)11-5-9-23-17(22-2)24-10-6-12-27-13-18(19,20)21/h3-4,7-8H,5-6,9-13H2,1-2H3,(H2,22,23,24). The molecule has 0 fully saturated rings. The highest BCUT2D eigenvalue weighted by atomic mass is 19.4. The molecule has 0 aliphatic rings. The number of aliphatic imine (C=N–C) groups is 1. The third-order valence-corrected chi connectivity index (χ3v) is 3.94. The summed E-state index contributed by atoms with van der Waals surface area (Å²) in [6.07, 6.45) is -2.92. The molecule has 1 heterocycles. The Hall–Kier alpha value is -2.29. The SMILES string of the molecule is CN=C(NCCCOCC(F)(F)F)NCCCn1c(C)nc2ccccc21. The summed E-state index contributed by atoms with van der Waals surface area (Å²) >= 11 is 0. The summed E-state index contributed by atoms with van der Waals surface area (Å²) in [6, 6.07) is 8.04. The van der Waals surface area contributed by atoms with Gasteiger partial charge in [0.15, 0.2) is 5.96 Å². The van der Waals surface area contributed by atoms with Crippen LogP contribution in [0.5, 0.6) is 0 Å². The van der Waals surface area contributed by atoms with E-state index in [1.54, 1.807) is 7.05 Å². The van der Waals surface area contributed by atoms with Crippen LogP contribution in [0.3, 0.4) is 0 Å². The van der Waals surface area contributed by atoms with Crippen molar-refractivity contribution < 1.29 is 17.9 Å². The Kier molecular flexibility index (Phi) is 7.90. The number of nitrogens with one attached hydrogen (secondary N) is 2. The van der Waals surface area contributed by atoms with Gasteiger partial charge in [0.25, 0.3) is 0 Å². The molecule has 0 atom stereocenters. The number of fused-ring (bicyclic) bond motifs is 1. The lowest BCUT2D eigenvalue weighted by atomic mass is 10.3. The lowest BCUT2D eigenvalue weighted by Crippen LogP contribution is -2.38. The Morgan fingerprint density at radius 2 is 1.89 bits per heavy atom. The van der Waals surface area contributed by atoms with Crippen LogP contribution in [0.2, 0.25) is 0 Å². The van der Waals surface area contributed by atoms with Crippen LogP contribution in [0.1, 0.15) is 18.7 Å². The molecule has 150 valence electrons. The van der Waals surface area contributed by atoms with Gasteiger partial charge in [-0.1, -0.05) is 12.1 Å². The molecule has 0 saturated carbocycles. The number of aryl methyl sites for hydroxylation is 2. The maximum atomic E-state index is 12.0. The van der Waals surface area contributed by atoms with Crippen LogP contribution in [-0.2, 0) is 11.3 Å². The zero-order valence-corrected chi connectivity index (χ0v) is 15.6. The van der Waals surface area contributed by atoms with Gasteiger partial charge in [-0.05, 0) is 31.9 Å². The first-order chi connectivity index (χ1) is 12.9. The van der Waals surface area contributed by atoms with Crippen molar-refractivity contribution in [3.05, 3.63) is 30.1 Å². The number of hydrogen-bond donors (Lipinski definition) is 2. The van der Waals surface area contributed by atoms with E-state index in [1.165, 1.54) is 0 Å². The largest absolute Gasteiger partial charge is 0.411 e. The van der Waals surface area contributed by atoms with Gasteiger partial charge in [0.2, 0.25) is 0 Å². The van der Waals surface area contributed by atoms with Crippen LogP contribution in [0.25, 0.3) is 11.0 Å². The fourth-order valence-corrected chi connectivity index (χ4v) is 2.71. The quantitative estimate of drug-likeness (QED) is 0.396. The molecule has 0 bridgehead atoms. The van der Waals surface area contributed by atoms with E-state index in [4.69, 9.17) is 0 Å². The van der Waals surface area contributed by atoms with Gasteiger partial charge >= 0.3 is 6.18 Å². The highest BCUT2D eigenvalue weighted by Gasteiger charge is 2.27. The highest BCUT2D eigenvalue weighted by Crippen LogP contribution is 2.15. The van der Waals surface area contributed by atoms with Crippen LogP contribution in [-0.4, -0.2) is 55.0 Å². The van der Waals surface area contributed by atoms with Gasteiger partial charge in [-0.2, -0.15) is 13.2 Å². The Morgan fingerprint density at radius 3 is 2.59 bits per heavy atom. The third kappa shape index (κ3) is 7.09. The smallest absolute Gasteiger partial charge is 0.372 e. The summed E-state index contributed by atoms with van der Waals surface area (Å²) in [4.78, 5) is 8.65. The van der Waals surface area contributed by atoms with E-state index < -0.39 is 12.8 Å². The molecule has 0 spiro atoms. The molecule has 0 aliphatic heterocycles. The Bertz CT molecular complexity index is 742. The minimum Gasteiger partial charge on any atom is -0.372 e. The summed E-state index contributed by atoms with van der Waals surface area (Å²) in [6.45, 7) is 2.88. The lowest BCUT2D eigenvalue weighted by Gasteiger charge is -2.13. The van der Waals surface area contributed by atoms with Crippen LogP contribution >= 0.6 is 0 Å². The van der Waals surface area contributed by atoms with Gasteiger partial charge in [-0.25, -0.2) is 4.98 Å². The molecule has 0 unspecified atom stereocenters. The van der Waals surface area contributed by atoms with Crippen LogP contribution < -0.4 is 10.6 Å². The molecular weight excluding hydrogens is 359 g/mol. The molecule has 0 radical (unpaired) electrons. The zero-order chi connectivity index (χ0) is 19.7. The zero-order valence-electron chi connectivity index (χ0n) is 15.6. The van der Waals surface area contributed by atoms with E-state index in [0.717, 1.165) is 36.4 Å². The summed E-state index contributed by atoms with van der Waals surface area (Å²) in [5.74, 6) is 1.61. The summed E-state index contributed by atoms with van der Waals surface area (Å²) in [7, 11) is 1.66. The number of para-hydroxylation sites is 2. The molecule has 1 aromatic heterocycles. The molecule has 6 nitrogen and oxygen atoms in total. The molecule has 2 aromatic rings. The molecule has 2 rings (SSSR count). The van der Waals surface area contributed by atoms with Gasteiger partial charge < -0.3 is 19.9 Å². The Labute approximate surface area is 156 Å². The van der Waals surface area contributed by atoms with Crippen molar-refractivity contribution in [3.8, 4) is 0 Å². The number of aromatic nitrogens is 2. The predicted molar refractivity (Wildman–Crippen MR) is 99.9 cm³/mol. The number of hydrogen-bond acceptors (Lipinski definition) is 3. The average molecular weight is 385 g/mol. The van der Waals surface area contributed by atoms with E-state index in [1.807, 2.05) is 25.1 Å². The molecule has 1 aromatic carbocycles. The maximum Gasteiger partial charge on any atom is 0.411 e. The normalized spacial score (nSPS) is 12.6. The van der Waals surface area contributed by atoms with E-state index >= 15 is 0 Å². The van der Waals surface area contributed by atoms with E-state index in [0.29, 0.717) is 18.9 Å². The molecule has 27 heavy (non-hydrogen) atoms. The number of imidazole rings is 1. The van der Waals surface area contributed by atoms with Gasteiger partial charge in [0, 0.05) is 33.3 Å². The Balaban J connectivity index is 1.64. The summed E-state index contributed by atoms with van der Waals surface area (Å²) in [5, 5.41) is 6.26. The van der Waals surface area contributed by atoms with E-state index in [2.05, 4.69) is 36.0 Å². The van der Waals surface area contributed by atoms with Crippen molar-refractivity contribution in [1.82, 2.24) is 20.2 Å². The van der Waals surface area contributed by atoms with E-state index in [9.17, 15) is 13.2 Å². The maximum absolute atomic E-state index is 12.0. The fraction of sp³-hybridized carbons (Fsp3) is 0.556. The van der Waals surface area contributed by atoms with Crippen LogP contribution in [0.15, 0.2) is 29.3 Å². The van der Waals surface area contributed by atoms with Crippen LogP contribution in [0, 0.1) is 6.92 Å². The average Bonchev–Trinajstić information content (AvgIpc) is 2.94. The number of benzene rings is 1. The number of guanidine groups is 1. The minimum absolute atomic E-state index is 0.0521. The molecular formula is C18H26F3N5O. The molecule has 0 amide bonds.